The molecule has 2 aromatic rings. The van der Waals surface area contributed by atoms with Gasteiger partial charge in [0.15, 0.2) is 0 Å². The fourth-order valence-corrected chi connectivity index (χ4v) is 4.15. The number of hydrogen-bond donors (Lipinski definition) is 1. The third-order valence-electron chi connectivity index (χ3n) is 5.37. The van der Waals surface area contributed by atoms with Crippen molar-refractivity contribution in [2.75, 3.05) is 10.2 Å². The summed E-state index contributed by atoms with van der Waals surface area (Å²) in [6, 6.07) is 11.3. The molecule has 1 N–H and O–H groups in total. The first-order valence-electron chi connectivity index (χ1n) is 9.25. The van der Waals surface area contributed by atoms with E-state index in [2.05, 4.69) is 5.32 Å². The van der Waals surface area contributed by atoms with Gasteiger partial charge in [-0.1, -0.05) is 40.9 Å². The van der Waals surface area contributed by atoms with Crippen LogP contribution < -0.4 is 10.2 Å². The molecule has 3 amide bonds. The fraction of sp³-hybridized carbons (Fsp3) is 0.227. The lowest BCUT2D eigenvalue weighted by Gasteiger charge is -2.18. The zero-order valence-electron chi connectivity index (χ0n) is 15.6. The van der Waals surface area contributed by atoms with Crippen LogP contribution in [-0.4, -0.2) is 17.7 Å². The molecule has 7 heteroatoms. The SMILES string of the molecule is CC1=CC[C@H]2C(=O)N(c3cccc(C(=O)Nc4ccc(Cl)c(Cl)c4)c3)C(=O)[C@H]2C1. The first-order valence-corrected chi connectivity index (χ1v) is 10.0. The largest absolute Gasteiger partial charge is 0.322 e. The van der Waals surface area contributed by atoms with Crippen molar-refractivity contribution in [3.8, 4) is 0 Å². The zero-order valence-corrected chi connectivity index (χ0v) is 17.1. The van der Waals surface area contributed by atoms with Crippen LogP contribution in [0.15, 0.2) is 54.1 Å². The van der Waals surface area contributed by atoms with E-state index < -0.39 is 0 Å². The first kappa shape index (κ1) is 19.7. The van der Waals surface area contributed by atoms with Crippen LogP contribution in [0.5, 0.6) is 0 Å². The molecule has 2 aliphatic rings. The molecule has 0 aromatic heterocycles. The molecular weight excluding hydrogens is 411 g/mol. The molecular formula is C22H18Cl2N2O3. The number of amides is 3. The summed E-state index contributed by atoms with van der Waals surface area (Å²) in [6.45, 7) is 1.98. The molecule has 1 saturated heterocycles. The van der Waals surface area contributed by atoms with Crippen molar-refractivity contribution >= 4 is 52.3 Å². The monoisotopic (exact) mass is 428 g/mol. The molecule has 0 spiro atoms. The molecule has 5 nitrogen and oxygen atoms in total. The van der Waals surface area contributed by atoms with E-state index in [1.807, 2.05) is 13.0 Å². The highest BCUT2D eigenvalue weighted by molar-refractivity contribution is 6.42. The van der Waals surface area contributed by atoms with Gasteiger partial charge in [-0.3, -0.25) is 19.3 Å². The minimum Gasteiger partial charge on any atom is -0.322 e. The maximum absolute atomic E-state index is 12.9. The number of hydrogen-bond acceptors (Lipinski definition) is 3. The maximum atomic E-state index is 12.9. The quantitative estimate of drug-likeness (QED) is 0.546. The van der Waals surface area contributed by atoms with Gasteiger partial charge in [-0.05, 0) is 56.2 Å². The normalized spacial score (nSPS) is 21.1. The molecule has 0 unspecified atom stereocenters. The number of imide groups is 1. The van der Waals surface area contributed by atoms with Crippen LogP contribution in [0.4, 0.5) is 11.4 Å². The van der Waals surface area contributed by atoms with Gasteiger partial charge in [0, 0.05) is 11.3 Å². The van der Waals surface area contributed by atoms with E-state index in [9.17, 15) is 14.4 Å². The Balaban J connectivity index is 1.57. The zero-order chi connectivity index (χ0) is 20.7. The van der Waals surface area contributed by atoms with Crippen molar-refractivity contribution in [2.45, 2.75) is 19.8 Å². The lowest BCUT2D eigenvalue weighted by molar-refractivity contribution is -0.122. The maximum Gasteiger partial charge on any atom is 0.255 e. The van der Waals surface area contributed by atoms with Gasteiger partial charge in [0.2, 0.25) is 11.8 Å². The van der Waals surface area contributed by atoms with Gasteiger partial charge in [-0.2, -0.15) is 0 Å². The summed E-state index contributed by atoms with van der Waals surface area (Å²) in [6.07, 6.45) is 3.20. The van der Waals surface area contributed by atoms with Crippen LogP contribution in [-0.2, 0) is 9.59 Å². The average Bonchev–Trinajstić information content (AvgIpc) is 2.94. The molecule has 0 radical (unpaired) electrons. The predicted octanol–water partition coefficient (Wildman–Crippen LogP) is 5.09. The van der Waals surface area contributed by atoms with E-state index in [0.717, 1.165) is 5.57 Å². The van der Waals surface area contributed by atoms with Gasteiger partial charge in [0.25, 0.3) is 5.91 Å². The summed E-state index contributed by atoms with van der Waals surface area (Å²) < 4.78 is 0. The Morgan fingerprint density at radius 3 is 2.55 bits per heavy atom. The lowest BCUT2D eigenvalue weighted by Crippen LogP contribution is -2.31. The number of rotatable bonds is 3. The first-order chi connectivity index (χ1) is 13.8. The number of carbonyl (C=O) groups is 3. The van der Waals surface area contributed by atoms with E-state index in [1.165, 1.54) is 4.90 Å². The highest BCUT2D eigenvalue weighted by atomic mass is 35.5. The average molecular weight is 429 g/mol. The van der Waals surface area contributed by atoms with Crippen molar-refractivity contribution in [1.29, 1.82) is 0 Å². The molecule has 1 aliphatic carbocycles. The minimum atomic E-state index is -0.376. The minimum absolute atomic E-state index is 0.200. The van der Waals surface area contributed by atoms with Gasteiger partial charge in [0.05, 0.1) is 27.6 Å². The van der Waals surface area contributed by atoms with Crippen LogP contribution in [0.1, 0.15) is 30.1 Å². The summed E-state index contributed by atoms with van der Waals surface area (Å²) in [5.41, 5.74) is 2.37. The second-order valence-corrected chi connectivity index (χ2v) is 8.16. The van der Waals surface area contributed by atoms with Crippen LogP contribution in [0, 0.1) is 11.8 Å². The number of carbonyl (C=O) groups excluding carboxylic acids is 3. The fourth-order valence-electron chi connectivity index (χ4n) is 3.86. The lowest BCUT2D eigenvalue weighted by atomic mass is 9.82. The van der Waals surface area contributed by atoms with E-state index in [0.29, 0.717) is 39.8 Å². The third-order valence-corrected chi connectivity index (χ3v) is 6.11. The molecule has 1 heterocycles. The Bertz CT molecular complexity index is 1060. The molecule has 0 saturated carbocycles. The van der Waals surface area contributed by atoms with Crippen molar-refractivity contribution in [3.05, 3.63) is 69.7 Å². The summed E-state index contributed by atoms with van der Waals surface area (Å²) in [5.74, 6) is -1.42. The Morgan fingerprint density at radius 1 is 1.03 bits per heavy atom. The van der Waals surface area contributed by atoms with E-state index in [-0.39, 0.29) is 29.6 Å². The smallest absolute Gasteiger partial charge is 0.255 e. The van der Waals surface area contributed by atoms with Crippen LogP contribution in [0.3, 0.4) is 0 Å². The molecule has 1 fully saturated rings. The highest BCUT2D eigenvalue weighted by Crippen LogP contribution is 2.39. The predicted molar refractivity (Wildman–Crippen MR) is 113 cm³/mol. The number of nitrogens with one attached hydrogen (secondary N) is 1. The second kappa shape index (κ2) is 7.65. The number of nitrogens with zero attached hydrogens (tertiary/aromatic N) is 1. The third kappa shape index (κ3) is 3.68. The number of benzene rings is 2. The van der Waals surface area contributed by atoms with Crippen molar-refractivity contribution in [3.63, 3.8) is 0 Å². The Hall–Kier alpha value is -2.63. The Kier molecular flexibility index (Phi) is 5.19. The molecule has 0 bridgehead atoms. The van der Waals surface area contributed by atoms with Crippen LogP contribution in [0.25, 0.3) is 0 Å². The highest BCUT2D eigenvalue weighted by Gasteiger charge is 2.48. The van der Waals surface area contributed by atoms with Crippen LogP contribution in [0.2, 0.25) is 10.0 Å². The van der Waals surface area contributed by atoms with Crippen molar-refractivity contribution in [1.82, 2.24) is 0 Å². The van der Waals surface area contributed by atoms with Gasteiger partial charge in [-0.25, -0.2) is 0 Å². The molecule has 29 heavy (non-hydrogen) atoms. The molecule has 4 rings (SSSR count). The number of halogens is 2. The van der Waals surface area contributed by atoms with Crippen molar-refractivity contribution < 1.29 is 14.4 Å². The number of anilines is 2. The topological polar surface area (TPSA) is 66.5 Å². The Morgan fingerprint density at radius 2 is 1.79 bits per heavy atom. The van der Waals surface area contributed by atoms with E-state index in [1.54, 1.807) is 42.5 Å². The summed E-state index contributed by atoms with van der Waals surface area (Å²) >= 11 is 11.9. The number of allylic oxidation sites excluding steroid dienone is 2. The summed E-state index contributed by atoms with van der Waals surface area (Å²) in [4.78, 5) is 39.6. The molecule has 2 atom stereocenters. The van der Waals surface area contributed by atoms with E-state index in [4.69, 9.17) is 23.2 Å². The molecule has 2 aromatic carbocycles. The molecule has 1 aliphatic heterocycles. The number of fused-ring (bicyclic) bond motifs is 1. The van der Waals surface area contributed by atoms with Gasteiger partial charge in [0.1, 0.15) is 0 Å². The summed E-state index contributed by atoms with van der Waals surface area (Å²) in [5, 5.41) is 3.47. The van der Waals surface area contributed by atoms with Gasteiger partial charge < -0.3 is 5.32 Å². The standard InChI is InChI=1S/C22H18Cl2N2O3/c1-12-5-7-16-17(9-12)22(29)26(21(16)28)15-4-2-3-13(10-15)20(27)25-14-6-8-18(23)19(24)11-14/h2-6,8,10-11,16-17H,7,9H2,1H3,(H,25,27)/t16-,17+/m1/s1. The van der Waals surface area contributed by atoms with Crippen LogP contribution >= 0.6 is 23.2 Å². The van der Waals surface area contributed by atoms with E-state index >= 15 is 0 Å². The van der Waals surface area contributed by atoms with Gasteiger partial charge >= 0.3 is 0 Å². The Labute approximate surface area is 178 Å². The van der Waals surface area contributed by atoms with Gasteiger partial charge in [-0.15, -0.1) is 0 Å². The molecule has 148 valence electrons. The second-order valence-electron chi connectivity index (χ2n) is 7.35. The van der Waals surface area contributed by atoms with Crippen molar-refractivity contribution in [2.24, 2.45) is 11.8 Å². The summed E-state index contributed by atoms with van der Waals surface area (Å²) in [7, 11) is 0.